The number of carbonyl (C=O) groups is 1. The van der Waals surface area contributed by atoms with E-state index in [0.717, 1.165) is 5.69 Å². The van der Waals surface area contributed by atoms with Crippen molar-refractivity contribution in [3.8, 4) is 0 Å². The lowest BCUT2D eigenvalue weighted by Gasteiger charge is -2.27. The van der Waals surface area contributed by atoms with E-state index in [1.807, 2.05) is 10.7 Å². The molecule has 0 spiro atoms. The quantitative estimate of drug-likeness (QED) is 0.873. The lowest BCUT2D eigenvalue weighted by Crippen LogP contribution is -2.41. The Hall–Kier alpha value is -2.21. The Kier molecular flexibility index (Phi) is 3.47. The molecule has 6 nitrogen and oxygen atoms in total. The smallest absolute Gasteiger partial charge is 0.273 e. The van der Waals surface area contributed by atoms with E-state index in [1.54, 1.807) is 35.5 Å². The topological polar surface area (TPSA) is 71.2 Å². The Morgan fingerprint density at radius 2 is 2.25 bits per heavy atom. The molecule has 3 heterocycles. The van der Waals surface area contributed by atoms with Gasteiger partial charge in [-0.2, -0.15) is 5.10 Å². The van der Waals surface area contributed by atoms with Crippen LogP contribution in [-0.4, -0.2) is 43.3 Å². The van der Waals surface area contributed by atoms with E-state index >= 15 is 0 Å². The van der Waals surface area contributed by atoms with Crippen LogP contribution in [0.15, 0.2) is 36.7 Å². The summed E-state index contributed by atoms with van der Waals surface area (Å²) >= 11 is 0. The van der Waals surface area contributed by atoms with Crippen molar-refractivity contribution >= 4 is 5.91 Å². The second-order valence-corrected chi connectivity index (χ2v) is 4.82. The summed E-state index contributed by atoms with van der Waals surface area (Å²) in [5, 5.41) is 13.8. The van der Waals surface area contributed by atoms with E-state index < -0.39 is 0 Å². The SMILES string of the molecule is O=C(c1ccccn1)N1Cc2ccnn2CC[C@H]1CO. The van der Waals surface area contributed by atoms with Crippen LogP contribution in [0.2, 0.25) is 0 Å². The third-order valence-corrected chi connectivity index (χ3v) is 3.61. The molecule has 1 aliphatic rings. The summed E-state index contributed by atoms with van der Waals surface area (Å²) in [6.45, 7) is 1.10. The Labute approximate surface area is 116 Å². The zero-order valence-electron chi connectivity index (χ0n) is 11.0. The van der Waals surface area contributed by atoms with E-state index in [9.17, 15) is 9.90 Å². The average Bonchev–Trinajstić information content (AvgIpc) is 2.87. The number of aliphatic hydroxyl groups is 1. The normalized spacial score (nSPS) is 18.4. The minimum Gasteiger partial charge on any atom is -0.394 e. The van der Waals surface area contributed by atoms with Crippen LogP contribution in [-0.2, 0) is 13.1 Å². The molecule has 20 heavy (non-hydrogen) atoms. The first kappa shape index (κ1) is 12.8. The van der Waals surface area contributed by atoms with Crippen molar-refractivity contribution in [3.05, 3.63) is 48.0 Å². The van der Waals surface area contributed by atoms with E-state index in [0.29, 0.717) is 25.2 Å². The molecule has 0 radical (unpaired) electrons. The maximum atomic E-state index is 12.6. The number of amides is 1. The Balaban J connectivity index is 1.91. The van der Waals surface area contributed by atoms with Crippen LogP contribution in [0, 0.1) is 0 Å². The van der Waals surface area contributed by atoms with E-state index in [4.69, 9.17) is 0 Å². The van der Waals surface area contributed by atoms with Gasteiger partial charge < -0.3 is 10.0 Å². The van der Waals surface area contributed by atoms with Crippen molar-refractivity contribution in [3.63, 3.8) is 0 Å². The number of fused-ring (bicyclic) bond motifs is 1. The second kappa shape index (κ2) is 5.42. The average molecular weight is 272 g/mol. The van der Waals surface area contributed by atoms with Crippen molar-refractivity contribution in [2.45, 2.75) is 25.6 Å². The first-order valence-corrected chi connectivity index (χ1v) is 6.63. The van der Waals surface area contributed by atoms with Gasteiger partial charge >= 0.3 is 0 Å². The Bertz CT molecular complexity index is 596. The van der Waals surface area contributed by atoms with Crippen LogP contribution in [0.4, 0.5) is 0 Å². The molecule has 2 aromatic heterocycles. The summed E-state index contributed by atoms with van der Waals surface area (Å²) in [5.41, 5.74) is 1.38. The van der Waals surface area contributed by atoms with Crippen LogP contribution in [0.3, 0.4) is 0 Å². The lowest BCUT2D eigenvalue weighted by molar-refractivity contribution is 0.0562. The third kappa shape index (κ3) is 2.30. The molecule has 0 fully saturated rings. The number of pyridine rings is 1. The number of nitrogens with zero attached hydrogens (tertiary/aromatic N) is 4. The number of hydrogen-bond acceptors (Lipinski definition) is 4. The molecular formula is C14H16N4O2. The first-order valence-electron chi connectivity index (χ1n) is 6.63. The summed E-state index contributed by atoms with van der Waals surface area (Å²) in [6.07, 6.45) is 4.02. The summed E-state index contributed by atoms with van der Waals surface area (Å²) < 4.78 is 1.88. The minimum atomic E-state index is -0.203. The van der Waals surface area contributed by atoms with Gasteiger partial charge in [0.2, 0.25) is 0 Å². The van der Waals surface area contributed by atoms with Gasteiger partial charge in [-0.3, -0.25) is 14.5 Å². The van der Waals surface area contributed by atoms with Crippen LogP contribution >= 0.6 is 0 Å². The maximum Gasteiger partial charge on any atom is 0.273 e. The van der Waals surface area contributed by atoms with Gasteiger partial charge in [0.25, 0.3) is 5.91 Å². The molecule has 0 saturated heterocycles. The molecule has 0 unspecified atom stereocenters. The number of aryl methyl sites for hydroxylation is 1. The molecule has 2 aromatic rings. The fourth-order valence-corrected chi connectivity index (χ4v) is 2.49. The summed E-state index contributed by atoms with van der Waals surface area (Å²) in [4.78, 5) is 18.4. The van der Waals surface area contributed by atoms with Gasteiger partial charge in [0.05, 0.1) is 24.9 Å². The largest absolute Gasteiger partial charge is 0.394 e. The fraction of sp³-hybridized carbons (Fsp3) is 0.357. The molecule has 1 atom stereocenters. The molecule has 0 aromatic carbocycles. The van der Waals surface area contributed by atoms with Gasteiger partial charge in [0, 0.05) is 18.9 Å². The Morgan fingerprint density at radius 3 is 3.00 bits per heavy atom. The highest BCUT2D eigenvalue weighted by atomic mass is 16.3. The van der Waals surface area contributed by atoms with E-state index in [-0.39, 0.29) is 18.6 Å². The van der Waals surface area contributed by atoms with Gasteiger partial charge in [-0.1, -0.05) is 6.07 Å². The van der Waals surface area contributed by atoms with Crippen molar-refractivity contribution in [2.75, 3.05) is 6.61 Å². The monoisotopic (exact) mass is 272 g/mol. The lowest BCUT2D eigenvalue weighted by atomic mass is 10.1. The predicted molar refractivity (Wildman–Crippen MR) is 71.8 cm³/mol. The molecule has 1 aliphatic heterocycles. The first-order chi connectivity index (χ1) is 9.79. The highest BCUT2D eigenvalue weighted by Crippen LogP contribution is 2.19. The highest BCUT2D eigenvalue weighted by molar-refractivity contribution is 5.92. The standard InChI is InChI=1S/C14H16N4O2/c19-10-12-5-8-18-11(4-7-16-18)9-17(12)14(20)13-3-1-2-6-15-13/h1-4,6-7,12,19H,5,8-10H2/t12-/m0/s1. The molecule has 3 rings (SSSR count). The van der Waals surface area contributed by atoms with Gasteiger partial charge in [0.1, 0.15) is 5.69 Å². The molecule has 1 N–H and O–H groups in total. The zero-order chi connectivity index (χ0) is 13.9. The van der Waals surface area contributed by atoms with Crippen LogP contribution < -0.4 is 0 Å². The summed E-state index contributed by atoms with van der Waals surface area (Å²) in [7, 11) is 0. The zero-order valence-corrected chi connectivity index (χ0v) is 11.0. The third-order valence-electron chi connectivity index (χ3n) is 3.61. The van der Waals surface area contributed by atoms with E-state index in [2.05, 4.69) is 10.1 Å². The van der Waals surface area contributed by atoms with Crippen LogP contribution in [0.5, 0.6) is 0 Å². The van der Waals surface area contributed by atoms with Gasteiger partial charge in [-0.05, 0) is 24.6 Å². The molecular weight excluding hydrogens is 256 g/mol. The number of aliphatic hydroxyl groups excluding tert-OH is 1. The molecule has 0 aliphatic carbocycles. The second-order valence-electron chi connectivity index (χ2n) is 4.82. The number of rotatable bonds is 2. The minimum absolute atomic E-state index is 0.0522. The van der Waals surface area contributed by atoms with E-state index in [1.165, 1.54) is 0 Å². The number of carbonyl (C=O) groups excluding carboxylic acids is 1. The van der Waals surface area contributed by atoms with Crippen molar-refractivity contribution in [1.29, 1.82) is 0 Å². The molecule has 1 amide bonds. The van der Waals surface area contributed by atoms with Crippen LogP contribution in [0.1, 0.15) is 22.6 Å². The van der Waals surface area contributed by atoms with Crippen molar-refractivity contribution in [1.82, 2.24) is 19.7 Å². The molecule has 0 saturated carbocycles. The summed E-state index contributed by atoms with van der Waals surface area (Å²) in [6, 6.07) is 6.96. The molecule has 6 heteroatoms. The number of aromatic nitrogens is 3. The van der Waals surface area contributed by atoms with Crippen molar-refractivity contribution < 1.29 is 9.90 Å². The molecule has 0 bridgehead atoms. The Morgan fingerprint density at radius 1 is 1.35 bits per heavy atom. The van der Waals surface area contributed by atoms with Gasteiger partial charge in [0.15, 0.2) is 0 Å². The fourth-order valence-electron chi connectivity index (χ4n) is 2.49. The van der Waals surface area contributed by atoms with Crippen LogP contribution in [0.25, 0.3) is 0 Å². The highest BCUT2D eigenvalue weighted by Gasteiger charge is 2.28. The summed E-state index contributed by atoms with van der Waals surface area (Å²) in [5.74, 6) is -0.153. The molecule has 104 valence electrons. The number of hydrogen-bond donors (Lipinski definition) is 1. The van der Waals surface area contributed by atoms with Crippen molar-refractivity contribution in [2.24, 2.45) is 0 Å². The van der Waals surface area contributed by atoms with Gasteiger partial charge in [-0.15, -0.1) is 0 Å². The van der Waals surface area contributed by atoms with Gasteiger partial charge in [-0.25, -0.2) is 0 Å². The maximum absolute atomic E-state index is 12.6. The predicted octanol–water partition coefficient (Wildman–Crippen LogP) is 0.685.